The Kier molecular flexibility index (Phi) is 6.69. The number of ether oxygens (including phenoxy) is 1. The molecular weight excluding hydrogens is 340 g/mol. The lowest BCUT2D eigenvalue weighted by molar-refractivity contribution is 0.131. The molecule has 0 spiro atoms. The molecule has 0 aliphatic rings. The number of hydrogen-bond acceptors (Lipinski definition) is 1. The van der Waals surface area contributed by atoms with Crippen molar-refractivity contribution in [3.63, 3.8) is 0 Å². The third kappa shape index (κ3) is 5.87. The summed E-state index contributed by atoms with van der Waals surface area (Å²) in [5.41, 5.74) is 4.45. The van der Waals surface area contributed by atoms with Crippen LogP contribution in [0.25, 0.3) is 0 Å². The number of rotatable bonds is 6. The van der Waals surface area contributed by atoms with E-state index in [1.807, 2.05) is 0 Å². The molecule has 2 atom stereocenters. The average molecular weight is 381 g/mol. The molecule has 154 valence electrons. The van der Waals surface area contributed by atoms with E-state index < -0.39 is 0 Å². The number of benzene rings is 2. The van der Waals surface area contributed by atoms with Gasteiger partial charge in [-0.3, -0.25) is 0 Å². The van der Waals surface area contributed by atoms with Crippen LogP contribution in [0.15, 0.2) is 48.5 Å². The highest BCUT2D eigenvalue weighted by atomic mass is 16.5. The lowest BCUT2D eigenvalue weighted by atomic mass is 9.72. The minimum atomic E-state index is -0.160. The molecule has 2 unspecified atom stereocenters. The van der Waals surface area contributed by atoms with E-state index in [2.05, 4.69) is 111 Å². The second-order valence-corrected chi connectivity index (χ2v) is 10.6. The molecule has 0 saturated carbocycles. The number of hydrogen-bond donors (Lipinski definition) is 0. The van der Waals surface area contributed by atoms with Gasteiger partial charge in [0.05, 0.1) is 0 Å². The first-order valence-electron chi connectivity index (χ1n) is 10.7. The molecule has 0 heterocycles. The summed E-state index contributed by atoms with van der Waals surface area (Å²) >= 11 is 0. The molecule has 0 aliphatic carbocycles. The lowest BCUT2D eigenvalue weighted by Crippen LogP contribution is -2.24. The fourth-order valence-electron chi connectivity index (χ4n) is 3.85. The van der Waals surface area contributed by atoms with Crippen LogP contribution in [0.2, 0.25) is 0 Å². The summed E-state index contributed by atoms with van der Waals surface area (Å²) < 4.78 is 5.97. The third-order valence-electron chi connectivity index (χ3n) is 5.86. The van der Waals surface area contributed by atoms with Gasteiger partial charge in [0.15, 0.2) is 0 Å². The highest BCUT2D eigenvalue weighted by Crippen LogP contribution is 2.38. The lowest BCUT2D eigenvalue weighted by Gasteiger charge is -2.33. The highest BCUT2D eigenvalue weighted by molar-refractivity contribution is 5.34. The predicted molar refractivity (Wildman–Crippen MR) is 123 cm³/mol. The maximum absolute atomic E-state index is 5.97. The van der Waals surface area contributed by atoms with Crippen LogP contribution in [0.5, 0.6) is 5.75 Å². The van der Waals surface area contributed by atoms with Crippen LogP contribution < -0.4 is 4.74 Å². The largest absolute Gasteiger partial charge is 0.488 e. The Labute approximate surface area is 173 Å². The van der Waals surface area contributed by atoms with E-state index in [-0.39, 0.29) is 16.4 Å². The van der Waals surface area contributed by atoms with Crippen LogP contribution >= 0.6 is 0 Å². The molecule has 0 fully saturated rings. The zero-order valence-corrected chi connectivity index (χ0v) is 19.5. The summed E-state index contributed by atoms with van der Waals surface area (Å²) in [4.78, 5) is 0. The van der Waals surface area contributed by atoms with Crippen LogP contribution in [-0.4, -0.2) is 5.60 Å². The van der Waals surface area contributed by atoms with E-state index in [4.69, 9.17) is 4.74 Å². The van der Waals surface area contributed by atoms with E-state index in [0.29, 0.717) is 5.92 Å². The minimum Gasteiger partial charge on any atom is -0.488 e. The zero-order valence-electron chi connectivity index (χ0n) is 19.5. The topological polar surface area (TPSA) is 9.23 Å². The van der Waals surface area contributed by atoms with E-state index in [1.165, 1.54) is 16.7 Å². The Balaban J connectivity index is 2.16. The van der Waals surface area contributed by atoms with Crippen LogP contribution in [0, 0.1) is 0 Å². The molecule has 0 bridgehead atoms. The van der Waals surface area contributed by atoms with Crippen molar-refractivity contribution in [3.8, 4) is 5.75 Å². The van der Waals surface area contributed by atoms with Gasteiger partial charge in [0.2, 0.25) is 0 Å². The van der Waals surface area contributed by atoms with Gasteiger partial charge in [0, 0.05) is 0 Å². The summed E-state index contributed by atoms with van der Waals surface area (Å²) in [5.74, 6) is 1.44. The van der Waals surface area contributed by atoms with Crippen LogP contribution in [0.3, 0.4) is 0 Å². The molecule has 2 aromatic carbocycles. The van der Waals surface area contributed by atoms with Crippen LogP contribution in [0.1, 0.15) is 97.8 Å². The summed E-state index contributed by atoms with van der Waals surface area (Å²) in [7, 11) is 0. The Hall–Kier alpha value is -1.76. The third-order valence-corrected chi connectivity index (χ3v) is 5.86. The van der Waals surface area contributed by atoms with Gasteiger partial charge in [0.25, 0.3) is 0 Å². The predicted octanol–water partition coefficient (Wildman–Crippen LogP) is 8.02. The monoisotopic (exact) mass is 380 g/mol. The summed E-state index contributed by atoms with van der Waals surface area (Å²) in [6.45, 7) is 20.1. The molecule has 0 radical (unpaired) electrons. The molecule has 2 aromatic rings. The van der Waals surface area contributed by atoms with Crippen molar-refractivity contribution in [1.82, 2.24) is 0 Å². The first kappa shape index (κ1) is 22.5. The fraction of sp³-hybridized carbons (Fsp3) is 0.556. The van der Waals surface area contributed by atoms with Crippen LogP contribution in [-0.2, 0) is 10.8 Å². The highest BCUT2D eigenvalue weighted by Gasteiger charge is 2.28. The van der Waals surface area contributed by atoms with Gasteiger partial charge in [-0.25, -0.2) is 0 Å². The van der Waals surface area contributed by atoms with Crippen LogP contribution in [0.4, 0.5) is 0 Å². The molecule has 1 heteroatoms. The molecule has 0 aliphatic heterocycles. The van der Waals surface area contributed by atoms with E-state index in [0.717, 1.165) is 18.6 Å². The zero-order chi connectivity index (χ0) is 21.2. The summed E-state index contributed by atoms with van der Waals surface area (Å²) in [6, 6.07) is 18.0. The molecular formula is C27H40O. The van der Waals surface area contributed by atoms with Gasteiger partial charge in [-0.1, -0.05) is 77.9 Å². The first-order chi connectivity index (χ1) is 12.8. The Bertz CT molecular complexity index is 741. The molecule has 1 nitrogen and oxygen atoms in total. The molecule has 0 aromatic heterocycles. The standard InChI is InChI=1S/C27H40O/c1-10-27(9,23-15-13-22(14-16-23)25(3,4)5)19-20(2)21-11-17-24(18-12-21)28-26(6,7)8/h11-18,20H,10,19H2,1-9H3. The van der Waals surface area contributed by atoms with Gasteiger partial charge in [0.1, 0.15) is 11.4 Å². The van der Waals surface area contributed by atoms with Gasteiger partial charge >= 0.3 is 0 Å². The second kappa shape index (κ2) is 8.31. The second-order valence-electron chi connectivity index (χ2n) is 10.6. The maximum atomic E-state index is 5.97. The molecule has 28 heavy (non-hydrogen) atoms. The van der Waals surface area contributed by atoms with Crippen molar-refractivity contribution >= 4 is 0 Å². The normalized spacial score (nSPS) is 15.8. The Morgan fingerprint density at radius 3 is 1.68 bits per heavy atom. The summed E-state index contributed by atoms with van der Waals surface area (Å²) in [6.07, 6.45) is 2.27. The fourth-order valence-corrected chi connectivity index (χ4v) is 3.85. The van der Waals surface area contributed by atoms with Crippen molar-refractivity contribution < 1.29 is 4.74 Å². The molecule has 2 rings (SSSR count). The molecule has 0 N–H and O–H groups in total. The van der Waals surface area contributed by atoms with Gasteiger partial charge in [-0.05, 0) is 79.2 Å². The van der Waals surface area contributed by atoms with Gasteiger partial charge in [-0.2, -0.15) is 0 Å². The Morgan fingerprint density at radius 1 is 0.750 bits per heavy atom. The molecule has 0 amide bonds. The minimum absolute atomic E-state index is 0.160. The van der Waals surface area contributed by atoms with Crippen molar-refractivity contribution in [1.29, 1.82) is 0 Å². The van der Waals surface area contributed by atoms with E-state index in [1.54, 1.807) is 0 Å². The molecule has 0 saturated heterocycles. The van der Waals surface area contributed by atoms with Crippen molar-refractivity contribution in [3.05, 3.63) is 65.2 Å². The SMILES string of the molecule is CCC(C)(CC(C)c1ccc(OC(C)(C)C)cc1)c1ccc(C(C)(C)C)cc1. The van der Waals surface area contributed by atoms with E-state index >= 15 is 0 Å². The smallest absolute Gasteiger partial charge is 0.120 e. The van der Waals surface area contributed by atoms with Gasteiger partial charge in [-0.15, -0.1) is 0 Å². The van der Waals surface area contributed by atoms with Crippen molar-refractivity contribution in [2.24, 2.45) is 0 Å². The first-order valence-corrected chi connectivity index (χ1v) is 10.7. The average Bonchev–Trinajstić information content (AvgIpc) is 2.60. The van der Waals surface area contributed by atoms with Gasteiger partial charge < -0.3 is 4.74 Å². The van der Waals surface area contributed by atoms with E-state index in [9.17, 15) is 0 Å². The van der Waals surface area contributed by atoms with Crippen molar-refractivity contribution in [2.45, 2.75) is 97.5 Å². The Morgan fingerprint density at radius 2 is 1.25 bits per heavy atom. The summed E-state index contributed by atoms with van der Waals surface area (Å²) in [5, 5.41) is 0. The maximum Gasteiger partial charge on any atom is 0.120 e. The quantitative estimate of drug-likeness (QED) is 0.493. The van der Waals surface area contributed by atoms with Crippen molar-refractivity contribution in [2.75, 3.05) is 0 Å².